The van der Waals surface area contributed by atoms with E-state index in [0.29, 0.717) is 12.8 Å². The number of likely N-dealkylation sites (tertiary alicyclic amines) is 1. The zero-order chi connectivity index (χ0) is 14.0. The van der Waals surface area contributed by atoms with Gasteiger partial charge in [-0.25, -0.2) is 0 Å². The van der Waals surface area contributed by atoms with Crippen molar-refractivity contribution in [2.75, 3.05) is 5.32 Å². The SMILES string of the molecule is Cc1ccc(NC(C(C)C)N2C(=O)CCC2=O)cc1. The first-order chi connectivity index (χ1) is 8.99. The average Bonchev–Trinajstić information content (AvgIpc) is 2.68. The third-order valence-electron chi connectivity index (χ3n) is 3.37. The Labute approximate surface area is 113 Å². The molecule has 1 saturated heterocycles. The second-order valence-electron chi connectivity index (χ2n) is 5.36. The van der Waals surface area contributed by atoms with Crippen molar-refractivity contribution in [1.82, 2.24) is 4.90 Å². The normalized spacial score (nSPS) is 17.2. The lowest BCUT2D eigenvalue weighted by Gasteiger charge is -2.31. The Morgan fingerprint density at radius 2 is 1.58 bits per heavy atom. The summed E-state index contributed by atoms with van der Waals surface area (Å²) in [6.07, 6.45) is 0.389. The molecule has 2 amide bonds. The molecule has 0 saturated carbocycles. The molecule has 2 rings (SSSR count). The topological polar surface area (TPSA) is 49.4 Å². The number of carbonyl (C=O) groups is 2. The van der Waals surface area contributed by atoms with Crippen LogP contribution in [0.25, 0.3) is 0 Å². The fourth-order valence-corrected chi connectivity index (χ4v) is 2.25. The molecule has 19 heavy (non-hydrogen) atoms. The van der Waals surface area contributed by atoms with Gasteiger partial charge in [0.15, 0.2) is 0 Å². The molecule has 1 aromatic rings. The van der Waals surface area contributed by atoms with E-state index in [1.807, 2.05) is 45.0 Å². The first kappa shape index (κ1) is 13.6. The highest BCUT2D eigenvalue weighted by Gasteiger charge is 2.36. The minimum Gasteiger partial charge on any atom is -0.365 e. The van der Waals surface area contributed by atoms with Crippen molar-refractivity contribution in [2.45, 2.75) is 39.8 Å². The molecule has 0 aromatic heterocycles. The van der Waals surface area contributed by atoms with Gasteiger partial charge in [0, 0.05) is 18.5 Å². The highest BCUT2D eigenvalue weighted by Crippen LogP contribution is 2.22. The molecule has 0 bridgehead atoms. The molecule has 1 unspecified atom stereocenters. The molecular formula is C15H20N2O2. The minimum atomic E-state index is -0.273. The number of rotatable bonds is 4. The van der Waals surface area contributed by atoms with Crippen molar-refractivity contribution in [3.05, 3.63) is 29.8 Å². The lowest BCUT2D eigenvalue weighted by atomic mass is 10.1. The zero-order valence-electron chi connectivity index (χ0n) is 11.6. The van der Waals surface area contributed by atoms with Crippen LogP contribution in [-0.4, -0.2) is 22.9 Å². The second kappa shape index (κ2) is 5.43. The summed E-state index contributed by atoms with van der Waals surface area (Å²) in [6.45, 7) is 6.03. The van der Waals surface area contributed by atoms with E-state index in [1.165, 1.54) is 10.5 Å². The Morgan fingerprint density at radius 3 is 2.05 bits per heavy atom. The van der Waals surface area contributed by atoms with E-state index in [2.05, 4.69) is 5.32 Å². The van der Waals surface area contributed by atoms with Gasteiger partial charge in [-0.1, -0.05) is 31.5 Å². The molecule has 1 atom stereocenters. The van der Waals surface area contributed by atoms with Crippen molar-refractivity contribution >= 4 is 17.5 Å². The zero-order valence-corrected chi connectivity index (χ0v) is 11.6. The predicted molar refractivity (Wildman–Crippen MR) is 74.5 cm³/mol. The molecule has 1 fully saturated rings. The lowest BCUT2D eigenvalue weighted by Crippen LogP contribution is -2.47. The van der Waals surface area contributed by atoms with Crippen molar-refractivity contribution in [2.24, 2.45) is 5.92 Å². The van der Waals surface area contributed by atoms with Crippen LogP contribution in [0.4, 0.5) is 5.69 Å². The van der Waals surface area contributed by atoms with Gasteiger partial charge in [-0.15, -0.1) is 0 Å². The summed E-state index contributed by atoms with van der Waals surface area (Å²) in [5, 5.41) is 3.29. The smallest absolute Gasteiger partial charge is 0.231 e. The summed E-state index contributed by atoms with van der Waals surface area (Å²) in [6, 6.07) is 7.95. The maximum Gasteiger partial charge on any atom is 0.231 e. The number of nitrogens with one attached hydrogen (secondary N) is 1. The maximum atomic E-state index is 11.8. The van der Waals surface area contributed by atoms with E-state index in [0.717, 1.165) is 5.69 Å². The Hall–Kier alpha value is -1.84. The van der Waals surface area contributed by atoms with E-state index < -0.39 is 0 Å². The van der Waals surface area contributed by atoms with E-state index in [4.69, 9.17) is 0 Å². The number of hydrogen-bond donors (Lipinski definition) is 1. The third-order valence-corrected chi connectivity index (χ3v) is 3.37. The summed E-state index contributed by atoms with van der Waals surface area (Å²) < 4.78 is 0. The fraction of sp³-hybridized carbons (Fsp3) is 0.467. The predicted octanol–water partition coefficient (Wildman–Crippen LogP) is 2.54. The van der Waals surface area contributed by atoms with Crippen LogP contribution in [0.5, 0.6) is 0 Å². The van der Waals surface area contributed by atoms with Crippen molar-refractivity contribution in [1.29, 1.82) is 0 Å². The molecule has 0 spiro atoms. The van der Waals surface area contributed by atoms with Crippen LogP contribution in [0.2, 0.25) is 0 Å². The summed E-state index contributed by atoms with van der Waals surface area (Å²) >= 11 is 0. The van der Waals surface area contributed by atoms with Crippen molar-refractivity contribution in [3.8, 4) is 0 Å². The minimum absolute atomic E-state index is 0.0803. The van der Waals surface area contributed by atoms with Gasteiger partial charge in [0.25, 0.3) is 0 Å². The largest absolute Gasteiger partial charge is 0.365 e. The van der Waals surface area contributed by atoms with Gasteiger partial charge in [-0.05, 0) is 25.0 Å². The van der Waals surface area contributed by atoms with Crippen molar-refractivity contribution in [3.63, 3.8) is 0 Å². The summed E-state index contributed by atoms with van der Waals surface area (Å²) in [5.74, 6) is -0.000994. The van der Waals surface area contributed by atoms with E-state index in [9.17, 15) is 9.59 Å². The molecule has 0 radical (unpaired) electrons. The number of anilines is 1. The van der Waals surface area contributed by atoms with Gasteiger partial charge in [0.05, 0.1) is 0 Å². The van der Waals surface area contributed by atoms with Gasteiger partial charge in [-0.3, -0.25) is 14.5 Å². The van der Waals surface area contributed by atoms with Crippen LogP contribution in [0.15, 0.2) is 24.3 Å². The van der Waals surface area contributed by atoms with Crippen molar-refractivity contribution < 1.29 is 9.59 Å². The standard InChI is InChI=1S/C15H20N2O2/c1-10(2)15(17-13(18)8-9-14(17)19)16-12-6-4-11(3)5-7-12/h4-7,10,15-16H,8-9H2,1-3H3. The molecule has 1 aliphatic rings. The molecule has 1 heterocycles. The monoisotopic (exact) mass is 260 g/mol. The quantitative estimate of drug-likeness (QED) is 0.846. The number of imide groups is 1. The van der Waals surface area contributed by atoms with Gasteiger partial charge in [0.2, 0.25) is 11.8 Å². The molecule has 0 aliphatic carbocycles. The third kappa shape index (κ3) is 2.95. The van der Waals surface area contributed by atoms with Crippen LogP contribution in [0.1, 0.15) is 32.3 Å². The summed E-state index contributed by atoms with van der Waals surface area (Å²) in [5.41, 5.74) is 2.11. The maximum absolute atomic E-state index is 11.8. The van der Waals surface area contributed by atoms with E-state index >= 15 is 0 Å². The highest BCUT2D eigenvalue weighted by molar-refractivity contribution is 6.02. The first-order valence-corrected chi connectivity index (χ1v) is 6.67. The van der Waals surface area contributed by atoms with Crippen LogP contribution < -0.4 is 5.32 Å². The highest BCUT2D eigenvalue weighted by atomic mass is 16.2. The number of hydrogen-bond acceptors (Lipinski definition) is 3. The number of aryl methyl sites for hydroxylation is 1. The number of carbonyl (C=O) groups excluding carboxylic acids is 2. The number of nitrogens with zero attached hydrogens (tertiary/aromatic N) is 1. The Bertz CT molecular complexity index is 463. The molecule has 4 heteroatoms. The van der Waals surface area contributed by atoms with E-state index in [-0.39, 0.29) is 23.9 Å². The Morgan fingerprint density at radius 1 is 1.05 bits per heavy atom. The van der Waals surface area contributed by atoms with Gasteiger partial charge >= 0.3 is 0 Å². The van der Waals surface area contributed by atoms with E-state index in [1.54, 1.807) is 0 Å². The van der Waals surface area contributed by atoms with Gasteiger partial charge in [-0.2, -0.15) is 0 Å². The number of amides is 2. The first-order valence-electron chi connectivity index (χ1n) is 6.67. The Kier molecular flexibility index (Phi) is 3.88. The molecular weight excluding hydrogens is 240 g/mol. The van der Waals surface area contributed by atoms with Crippen LogP contribution >= 0.6 is 0 Å². The summed E-state index contributed by atoms with van der Waals surface area (Å²) in [4.78, 5) is 25.1. The van der Waals surface area contributed by atoms with Crippen LogP contribution in [-0.2, 0) is 9.59 Å². The second-order valence-corrected chi connectivity index (χ2v) is 5.36. The number of benzene rings is 1. The fourth-order valence-electron chi connectivity index (χ4n) is 2.25. The molecule has 102 valence electrons. The summed E-state index contributed by atoms with van der Waals surface area (Å²) in [7, 11) is 0. The van der Waals surface area contributed by atoms with Crippen LogP contribution in [0.3, 0.4) is 0 Å². The molecule has 1 N–H and O–H groups in total. The molecule has 4 nitrogen and oxygen atoms in total. The Balaban J connectivity index is 2.19. The lowest BCUT2D eigenvalue weighted by molar-refractivity contribution is -0.141. The average molecular weight is 260 g/mol. The molecule has 1 aliphatic heterocycles. The van der Waals surface area contributed by atoms with Crippen LogP contribution in [0, 0.1) is 12.8 Å². The van der Waals surface area contributed by atoms with Gasteiger partial charge in [0.1, 0.15) is 6.17 Å². The van der Waals surface area contributed by atoms with Gasteiger partial charge < -0.3 is 5.32 Å². The molecule has 1 aromatic carbocycles.